The molecule has 4 rings (SSSR count). The van der Waals surface area contributed by atoms with Crippen molar-refractivity contribution in [2.75, 3.05) is 39.3 Å². The SMILES string of the molecule is O=C(NCCCN1CCN(Cc2ccccc2)CC1)c1ccccc1SCc1cccs1. The quantitative estimate of drug-likeness (QED) is 0.338. The van der Waals surface area contributed by atoms with Gasteiger partial charge in [-0.2, -0.15) is 0 Å². The second kappa shape index (κ2) is 12.2. The van der Waals surface area contributed by atoms with E-state index in [1.165, 1.54) is 10.4 Å². The molecule has 0 unspecified atom stereocenters. The third-order valence-electron chi connectivity index (χ3n) is 5.73. The number of nitrogens with zero attached hydrogens (tertiary/aromatic N) is 2. The van der Waals surface area contributed by atoms with Crippen LogP contribution < -0.4 is 5.32 Å². The summed E-state index contributed by atoms with van der Waals surface area (Å²) in [5.41, 5.74) is 2.17. The fraction of sp³-hybridized carbons (Fsp3) is 0.346. The summed E-state index contributed by atoms with van der Waals surface area (Å²) < 4.78 is 0. The molecule has 4 nitrogen and oxygen atoms in total. The second-order valence-corrected chi connectivity index (χ2v) is 10.1. The number of hydrogen-bond donors (Lipinski definition) is 1. The number of carbonyl (C=O) groups excluding carboxylic acids is 1. The van der Waals surface area contributed by atoms with Crippen LogP contribution in [0.5, 0.6) is 0 Å². The van der Waals surface area contributed by atoms with E-state index < -0.39 is 0 Å². The Bertz CT molecular complexity index is 954. The molecule has 0 bridgehead atoms. The van der Waals surface area contributed by atoms with Crippen LogP contribution in [0.4, 0.5) is 0 Å². The normalized spacial score (nSPS) is 15.0. The standard InChI is InChI=1S/C26H31N3OS2/c30-26(24-11-4-5-12-25(24)32-21-23-10-6-19-31-23)27-13-7-14-28-15-17-29(18-16-28)20-22-8-2-1-3-9-22/h1-6,8-12,19H,7,13-18,20-21H2,(H,27,30). The second-order valence-electron chi connectivity index (χ2n) is 8.08. The minimum Gasteiger partial charge on any atom is -0.352 e. The number of hydrogen-bond acceptors (Lipinski definition) is 5. The lowest BCUT2D eigenvalue weighted by Crippen LogP contribution is -2.46. The van der Waals surface area contributed by atoms with Gasteiger partial charge in [0.05, 0.1) is 5.56 Å². The first-order valence-electron chi connectivity index (χ1n) is 11.3. The highest BCUT2D eigenvalue weighted by atomic mass is 32.2. The fourth-order valence-electron chi connectivity index (χ4n) is 3.94. The summed E-state index contributed by atoms with van der Waals surface area (Å²) in [6.45, 7) is 7.20. The molecule has 0 atom stereocenters. The Kier molecular flexibility index (Phi) is 8.79. The molecule has 32 heavy (non-hydrogen) atoms. The van der Waals surface area contributed by atoms with Gasteiger partial charge >= 0.3 is 0 Å². The third kappa shape index (κ3) is 6.94. The molecule has 1 saturated heterocycles. The van der Waals surface area contributed by atoms with Crippen LogP contribution in [-0.2, 0) is 12.3 Å². The fourth-order valence-corrected chi connectivity index (χ4v) is 5.76. The van der Waals surface area contributed by atoms with E-state index in [9.17, 15) is 4.79 Å². The Morgan fingerprint density at radius 1 is 0.906 bits per heavy atom. The Hall–Kier alpha value is -2.12. The Morgan fingerprint density at radius 2 is 1.66 bits per heavy atom. The van der Waals surface area contributed by atoms with Crippen molar-refractivity contribution in [1.29, 1.82) is 0 Å². The molecule has 2 aromatic carbocycles. The molecule has 6 heteroatoms. The van der Waals surface area contributed by atoms with Crippen LogP contribution in [0, 0.1) is 0 Å². The smallest absolute Gasteiger partial charge is 0.252 e. The molecule has 0 saturated carbocycles. The zero-order chi connectivity index (χ0) is 22.0. The van der Waals surface area contributed by atoms with Gasteiger partial charge in [-0.3, -0.25) is 9.69 Å². The van der Waals surface area contributed by atoms with Crippen LogP contribution in [0.2, 0.25) is 0 Å². The van der Waals surface area contributed by atoms with Crippen LogP contribution in [0.15, 0.2) is 77.0 Å². The van der Waals surface area contributed by atoms with Gasteiger partial charge in [0.15, 0.2) is 0 Å². The van der Waals surface area contributed by atoms with Crippen molar-refractivity contribution in [1.82, 2.24) is 15.1 Å². The molecule has 1 fully saturated rings. The van der Waals surface area contributed by atoms with Crippen LogP contribution in [0.25, 0.3) is 0 Å². The lowest BCUT2D eigenvalue weighted by Gasteiger charge is -2.34. The molecular formula is C26H31N3OS2. The minimum absolute atomic E-state index is 0.0342. The molecule has 3 aromatic rings. The summed E-state index contributed by atoms with van der Waals surface area (Å²) in [4.78, 5) is 20.2. The van der Waals surface area contributed by atoms with E-state index in [2.05, 4.69) is 63.0 Å². The van der Waals surface area contributed by atoms with E-state index in [-0.39, 0.29) is 5.91 Å². The van der Waals surface area contributed by atoms with Gasteiger partial charge in [-0.25, -0.2) is 0 Å². The zero-order valence-corrected chi connectivity index (χ0v) is 20.0. The van der Waals surface area contributed by atoms with E-state index in [0.29, 0.717) is 6.54 Å². The number of nitrogens with one attached hydrogen (secondary N) is 1. The summed E-state index contributed by atoms with van der Waals surface area (Å²) in [5, 5.41) is 5.22. The van der Waals surface area contributed by atoms with E-state index in [0.717, 1.165) is 61.9 Å². The van der Waals surface area contributed by atoms with Crippen molar-refractivity contribution in [2.24, 2.45) is 0 Å². The number of piperazine rings is 1. The summed E-state index contributed by atoms with van der Waals surface area (Å²) >= 11 is 3.49. The van der Waals surface area contributed by atoms with Gasteiger partial charge in [-0.1, -0.05) is 48.5 Å². The van der Waals surface area contributed by atoms with Crippen LogP contribution in [0.3, 0.4) is 0 Å². The van der Waals surface area contributed by atoms with Crippen LogP contribution in [0.1, 0.15) is 27.2 Å². The molecule has 0 radical (unpaired) electrons. The van der Waals surface area contributed by atoms with Gasteiger partial charge in [-0.05, 0) is 42.1 Å². The lowest BCUT2D eigenvalue weighted by atomic mass is 10.2. The van der Waals surface area contributed by atoms with Gasteiger partial charge in [0.2, 0.25) is 0 Å². The molecule has 0 aliphatic carbocycles. The molecule has 1 aliphatic rings. The van der Waals surface area contributed by atoms with Gasteiger partial charge in [0.25, 0.3) is 5.91 Å². The molecule has 1 N–H and O–H groups in total. The summed E-state index contributed by atoms with van der Waals surface area (Å²) in [5.74, 6) is 0.935. The van der Waals surface area contributed by atoms with Crippen molar-refractivity contribution in [2.45, 2.75) is 23.6 Å². The average Bonchev–Trinajstić information content (AvgIpc) is 3.36. The summed E-state index contributed by atoms with van der Waals surface area (Å²) in [7, 11) is 0. The Balaban J connectivity index is 1.15. The maximum absolute atomic E-state index is 12.8. The molecule has 1 aliphatic heterocycles. The van der Waals surface area contributed by atoms with Gasteiger partial charge < -0.3 is 10.2 Å². The number of thioether (sulfide) groups is 1. The molecule has 2 heterocycles. The first kappa shape index (κ1) is 23.1. The molecular weight excluding hydrogens is 434 g/mol. The van der Waals surface area contributed by atoms with Crippen molar-refractivity contribution in [3.63, 3.8) is 0 Å². The van der Waals surface area contributed by atoms with Gasteiger partial charge in [0.1, 0.15) is 0 Å². The number of benzene rings is 2. The van der Waals surface area contributed by atoms with E-state index in [1.807, 2.05) is 24.3 Å². The molecule has 1 aromatic heterocycles. The maximum Gasteiger partial charge on any atom is 0.252 e. The monoisotopic (exact) mass is 465 g/mol. The lowest BCUT2D eigenvalue weighted by molar-refractivity contribution is 0.0944. The van der Waals surface area contributed by atoms with Crippen molar-refractivity contribution < 1.29 is 4.79 Å². The highest BCUT2D eigenvalue weighted by Gasteiger charge is 2.17. The minimum atomic E-state index is 0.0342. The molecule has 0 spiro atoms. The van der Waals surface area contributed by atoms with E-state index in [1.54, 1.807) is 23.1 Å². The number of amides is 1. The van der Waals surface area contributed by atoms with Crippen molar-refractivity contribution in [3.05, 3.63) is 88.1 Å². The predicted octanol–water partition coefficient (Wildman–Crippen LogP) is 4.98. The number of rotatable bonds is 10. The van der Waals surface area contributed by atoms with Gasteiger partial charge in [0, 0.05) is 54.8 Å². The van der Waals surface area contributed by atoms with E-state index in [4.69, 9.17) is 0 Å². The molecule has 168 valence electrons. The highest BCUT2D eigenvalue weighted by molar-refractivity contribution is 7.98. The molecule has 1 amide bonds. The summed E-state index contributed by atoms with van der Waals surface area (Å²) in [6, 6.07) is 22.8. The first-order valence-corrected chi connectivity index (χ1v) is 13.2. The van der Waals surface area contributed by atoms with Crippen LogP contribution in [-0.4, -0.2) is 55.0 Å². The van der Waals surface area contributed by atoms with Crippen molar-refractivity contribution >= 4 is 29.0 Å². The topological polar surface area (TPSA) is 35.6 Å². The maximum atomic E-state index is 12.8. The Morgan fingerprint density at radius 3 is 2.44 bits per heavy atom. The van der Waals surface area contributed by atoms with Crippen molar-refractivity contribution in [3.8, 4) is 0 Å². The zero-order valence-electron chi connectivity index (χ0n) is 18.4. The number of carbonyl (C=O) groups is 1. The first-order chi connectivity index (χ1) is 15.8. The Labute approximate surface area is 199 Å². The highest BCUT2D eigenvalue weighted by Crippen LogP contribution is 2.27. The third-order valence-corrected chi connectivity index (χ3v) is 7.91. The van der Waals surface area contributed by atoms with Gasteiger partial charge in [-0.15, -0.1) is 23.1 Å². The number of thiophene rings is 1. The summed E-state index contributed by atoms with van der Waals surface area (Å²) in [6.07, 6.45) is 0.981. The largest absolute Gasteiger partial charge is 0.352 e. The predicted molar refractivity (Wildman–Crippen MR) is 135 cm³/mol. The average molecular weight is 466 g/mol. The van der Waals surface area contributed by atoms with Crippen LogP contribution >= 0.6 is 23.1 Å². The van der Waals surface area contributed by atoms with E-state index >= 15 is 0 Å².